The van der Waals surface area contributed by atoms with Crippen molar-refractivity contribution < 1.29 is 19.5 Å². The van der Waals surface area contributed by atoms with Gasteiger partial charge in [-0.1, -0.05) is 36.8 Å². The monoisotopic (exact) mass is 473 g/mol. The van der Waals surface area contributed by atoms with Crippen LogP contribution in [0.15, 0.2) is 30.3 Å². The van der Waals surface area contributed by atoms with E-state index in [1.54, 1.807) is 4.90 Å². The molecule has 3 atom stereocenters. The van der Waals surface area contributed by atoms with Crippen molar-refractivity contribution in [3.63, 3.8) is 0 Å². The van der Waals surface area contributed by atoms with Gasteiger partial charge in [0.15, 0.2) is 0 Å². The number of nitrogens with zero attached hydrogens (tertiary/aromatic N) is 2. The van der Waals surface area contributed by atoms with E-state index in [4.69, 9.17) is 0 Å². The highest BCUT2D eigenvalue weighted by molar-refractivity contribution is 5.83. The Morgan fingerprint density at radius 3 is 2.47 bits per heavy atom. The molecular formula is C27H43N3O4. The number of carbonyl (C=O) groups is 3. The first-order chi connectivity index (χ1) is 16.4. The van der Waals surface area contributed by atoms with E-state index in [0.29, 0.717) is 26.1 Å². The zero-order valence-electron chi connectivity index (χ0n) is 21.2. The van der Waals surface area contributed by atoms with Crippen molar-refractivity contribution in [1.82, 2.24) is 15.1 Å². The smallest absolute Gasteiger partial charge is 0.226 e. The van der Waals surface area contributed by atoms with Gasteiger partial charge in [0.25, 0.3) is 0 Å². The van der Waals surface area contributed by atoms with Crippen LogP contribution in [0.5, 0.6) is 0 Å². The quantitative estimate of drug-likeness (QED) is 0.434. The van der Waals surface area contributed by atoms with E-state index in [0.717, 1.165) is 37.7 Å². The number of rotatable bonds is 14. The van der Waals surface area contributed by atoms with Crippen LogP contribution in [-0.4, -0.2) is 71.0 Å². The molecule has 190 valence electrons. The predicted molar refractivity (Wildman–Crippen MR) is 134 cm³/mol. The zero-order chi connectivity index (χ0) is 24.9. The highest BCUT2D eigenvalue weighted by Crippen LogP contribution is 2.24. The molecule has 1 aliphatic heterocycles. The molecule has 34 heavy (non-hydrogen) atoms. The van der Waals surface area contributed by atoms with Crippen molar-refractivity contribution in [2.45, 2.75) is 84.2 Å². The van der Waals surface area contributed by atoms with Crippen LogP contribution >= 0.6 is 0 Å². The maximum absolute atomic E-state index is 13.3. The summed E-state index contributed by atoms with van der Waals surface area (Å²) in [5, 5.41) is 12.7. The molecule has 1 fully saturated rings. The number of benzene rings is 1. The molecule has 0 radical (unpaired) electrons. The topological polar surface area (TPSA) is 90.0 Å². The Hall–Kier alpha value is -2.41. The normalized spacial score (nSPS) is 17.3. The molecule has 2 rings (SSSR count). The van der Waals surface area contributed by atoms with Gasteiger partial charge in [0.05, 0.1) is 12.6 Å². The Balaban J connectivity index is 1.84. The van der Waals surface area contributed by atoms with Crippen molar-refractivity contribution in [2.24, 2.45) is 5.92 Å². The molecule has 7 heteroatoms. The lowest BCUT2D eigenvalue weighted by atomic mass is 9.91. The molecule has 1 saturated heterocycles. The summed E-state index contributed by atoms with van der Waals surface area (Å²) in [4.78, 5) is 41.3. The average Bonchev–Trinajstić information content (AvgIpc) is 3.32. The second kappa shape index (κ2) is 14.8. The highest BCUT2D eigenvalue weighted by atomic mass is 16.3. The fraction of sp³-hybridized carbons (Fsp3) is 0.667. The minimum absolute atomic E-state index is 0.0122. The van der Waals surface area contributed by atoms with Gasteiger partial charge in [0.1, 0.15) is 0 Å². The van der Waals surface area contributed by atoms with Crippen LogP contribution < -0.4 is 5.32 Å². The van der Waals surface area contributed by atoms with E-state index in [1.165, 1.54) is 0 Å². The molecule has 7 nitrogen and oxygen atoms in total. The highest BCUT2D eigenvalue weighted by Gasteiger charge is 2.32. The summed E-state index contributed by atoms with van der Waals surface area (Å²) in [5.41, 5.74) is 1.14. The molecule has 2 N–H and O–H groups in total. The Kier molecular flexibility index (Phi) is 12.1. The summed E-state index contributed by atoms with van der Waals surface area (Å²) in [5.74, 6) is -0.0953. The summed E-state index contributed by atoms with van der Waals surface area (Å²) in [6.45, 7) is 7.90. The summed E-state index contributed by atoms with van der Waals surface area (Å²) in [6, 6.07) is 9.98. The number of likely N-dealkylation sites (tertiary alicyclic amines) is 1. The predicted octanol–water partition coefficient (Wildman–Crippen LogP) is 3.15. The van der Waals surface area contributed by atoms with Crippen LogP contribution in [0.1, 0.15) is 71.3 Å². The Bertz CT molecular complexity index is 766. The van der Waals surface area contributed by atoms with Gasteiger partial charge in [-0.05, 0) is 58.4 Å². The van der Waals surface area contributed by atoms with Crippen LogP contribution in [0.4, 0.5) is 0 Å². The maximum Gasteiger partial charge on any atom is 0.226 e. The SMILES string of the molecule is CCN(CC)C(=O)CCC(=O)NC(C)CCCC(Cc1ccccc1)C(=O)N1CCCC1CO. The third kappa shape index (κ3) is 8.75. The minimum Gasteiger partial charge on any atom is -0.394 e. The molecule has 0 saturated carbocycles. The van der Waals surface area contributed by atoms with Crippen LogP contribution in [0, 0.1) is 5.92 Å². The van der Waals surface area contributed by atoms with Gasteiger partial charge in [-0.2, -0.15) is 0 Å². The van der Waals surface area contributed by atoms with Gasteiger partial charge in [-0.3, -0.25) is 14.4 Å². The summed E-state index contributed by atoms with van der Waals surface area (Å²) >= 11 is 0. The number of aliphatic hydroxyl groups is 1. The van der Waals surface area contributed by atoms with E-state index in [1.807, 2.05) is 43.9 Å². The Labute approximate surface area is 204 Å². The van der Waals surface area contributed by atoms with Gasteiger partial charge in [0.2, 0.25) is 17.7 Å². The second-order valence-corrected chi connectivity index (χ2v) is 9.36. The van der Waals surface area contributed by atoms with E-state index in [-0.39, 0.29) is 55.2 Å². The van der Waals surface area contributed by atoms with Gasteiger partial charge in [-0.25, -0.2) is 0 Å². The lowest BCUT2D eigenvalue weighted by Gasteiger charge is -2.28. The molecule has 0 spiro atoms. The molecule has 1 heterocycles. The van der Waals surface area contributed by atoms with E-state index in [2.05, 4.69) is 17.4 Å². The Morgan fingerprint density at radius 2 is 1.82 bits per heavy atom. The number of hydrogen-bond acceptors (Lipinski definition) is 4. The summed E-state index contributed by atoms with van der Waals surface area (Å²) in [6.07, 6.45) is 5.25. The molecule has 1 aromatic carbocycles. The molecule has 0 bridgehead atoms. The van der Waals surface area contributed by atoms with Gasteiger partial charge < -0.3 is 20.2 Å². The first kappa shape index (κ1) is 27.8. The van der Waals surface area contributed by atoms with Crippen molar-refractivity contribution in [1.29, 1.82) is 0 Å². The van der Waals surface area contributed by atoms with E-state index >= 15 is 0 Å². The second-order valence-electron chi connectivity index (χ2n) is 9.36. The van der Waals surface area contributed by atoms with Crippen LogP contribution in [-0.2, 0) is 20.8 Å². The first-order valence-electron chi connectivity index (χ1n) is 12.9. The number of nitrogens with one attached hydrogen (secondary N) is 1. The van der Waals surface area contributed by atoms with Crippen LogP contribution in [0.25, 0.3) is 0 Å². The van der Waals surface area contributed by atoms with Crippen LogP contribution in [0.2, 0.25) is 0 Å². The third-order valence-corrected chi connectivity index (χ3v) is 6.82. The lowest BCUT2D eigenvalue weighted by Crippen LogP contribution is -2.42. The molecule has 3 amide bonds. The molecule has 0 aromatic heterocycles. The van der Waals surface area contributed by atoms with Crippen molar-refractivity contribution >= 4 is 17.7 Å². The fourth-order valence-corrected chi connectivity index (χ4v) is 4.81. The molecule has 0 aliphatic carbocycles. The number of hydrogen-bond donors (Lipinski definition) is 2. The summed E-state index contributed by atoms with van der Waals surface area (Å²) < 4.78 is 0. The molecular weight excluding hydrogens is 430 g/mol. The van der Waals surface area contributed by atoms with Crippen molar-refractivity contribution in [2.75, 3.05) is 26.2 Å². The number of carbonyl (C=O) groups excluding carboxylic acids is 3. The van der Waals surface area contributed by atoms with Crippen molar-refractivity contribution in [3.8, 4) is 0 Å². The van der Waals surface area contributed by atoms with E-state index < -0.39 is 0 Å². The third-order valence-electron chi connectivity index (χ3n) is 6.82. The molecule has 1 aliphatic rings. The standard InChI is InChI=1S/C27H43N3O4/c1-4-29(5-2)26(33)17-16-25(32)28-21(3)11-9-14-23(19-22-12-7-6-8-13-22)27(34)30-18-10-15-24(30)20-31/h6-8,12-13,21,23-24,31H,4-5,9-11,14-20H2,1-3H3,(H,28,32). The van der Waals surface area contributed by atoms with Gasteiger partial charge in [-0.15, -0.1) is 0 Å². The average molecular weight is 474 g/mol. The van der Waals surface area contributed by atoms with Crippen molar-refractivity contribution in [3.05, 3.63) is 35.9 Å². The van der Waals surface area contributed by atoms with Gasteiger partial charge >= 0.3 is 0 Å². The minimum atomic E-state index is -0.135. The molecule has 3 unspecified atom stereocenters. The summed E-state index contributed by atoms with van der Waals surface area (Å²) in [7, 11) is 0. The van der Waals surface area contributed by atoms with E-state index in [9.17, 15) is 19.5 Å². The first-order valence-corrected chi connectivity index (χ1v) is 12.9. The van der Waals surface area contributed by atoms with Crippen LogP contribution in [0.3, 0.4) is 0 Å². The lowest BCUT2D eigenvalue weighted by molar-refractivity contribution is -0.137. The van der Waals surface area contributed by atoms with Gasteiger partial charge in [0, 0.05) is 44.4 Å². The Morgan fingerprint density at radius 1 is 1.12 bits per heavy atom. The molecule has 1 aromatic rings. The maximum atomic E-state index is 13.3. The number of aliphatic hydroxyl groups excluding tert-OH is 1. The largest absolute Gasteiger partial charge is 0.394 e. The fourth-order valence-electron chi connectivity index (χ4n) is 4.81. The number of amides is 3. The zero-order valence-corrected chi connectivity index (χ0v) is 21.2.